The highest BCUT2D eigenvalue weighted by Gasteiger charge is 2.09. The Labute approximate surface area is 72.5 Å². The lowest BCUT2D eigenvalue weighted by molar-refractivity contribution is 0.476. The highest BCUT2D eigenvalue weighted by Crippen LogP contribution is 2.13. The lowest BCUT2D eigenvalue weighted by atomic mass is 10.1. The molecule has 0 fully saturated rings. The van der Waals surface area contributed by atoms with E-state index in [2.05, 4.69) is 22.3 Å². The van der Waals surface area contributed by atoms with Crippen LogP contribution >= 0.6 is 0 Å². The van der Waals surface area contributed by atoms with Crippen LogP contribution in [-0.4, -0.2) is 9.97 Å². The van der Waals surface area contributed by atoms with Gasteiger partial charge in [0.15, 0.2) is 0 Å². The predicted molar refractivity (Wildman–Crippen MR) is 48.2 cm³/mol. The zero-order valence-corrected chi connectivity index (χ0v) is 7.38. The monoisotopic (exact) mass is 168 g/mol. The number of hydrogen-bond acceptors (Lipinski definition) is 3. The molecule has 4 heteroatoms. The third-order valence-corrected chi connectivity index (χ3v) is 1.90. The van der Waals surface area contributed by atoms with Gasteiger partial charge in [-0.25, -0.2) is 10.4 Å². The summed E-state index contributed by atoms with van der Waals surface area (Å²) in [7, 11) is 0. The smallest absolute Gasteiger partial charge is 0.124 e. The van der Waals surface area contributed by atoms with Gasteiger partial charge < -0.3 is 4.98 Å². The Bertz CT molecular complexity index is 195. The molecule has 1 heterocycles. The Kier molecular flexibility index (Phi) is 3.76. The molecule has 1 unspecified atom stereocenters. The van der Waals surface area contributed by atoms with E-state index in [1.807, 2.05) is 6.20 Å². The topological polar surface area (TPSA) is 66.7 Å². The van der Waals surface area contributed by atoms with Gasteiger partial charge in [-0.3, -0.25) is 5.84 Å². The molecule has 4 N–H and O–H groups in total. The summed E-state index contributed by atoms with van der Waals surface area (Å²) in [6.07, 6.45) is 6.92. The normalized spacial score (nSPS) is 13.2. The number of nitrogens with zero attached hydrogens (tertiary/aromatic N) is 1. The minimum Gasteiger partial charge on any atom is -0.347 e. The van der Waals surface area contributed by atoms with Crippen molar-refractivity contribution in [3.05, 3.63) is 18.2 Å². The van der Waals surface area contributed by atoms with Crippen molar-refractivity contribution in [1.82, 2.24) is 15.4 Å². The zero-order valence-electron chi connectivity index (χ0n) is 7.38. The number of hydrazine groups is 1. The van der Waals surface area contributed by atoms with Crippen LogP contribution in [0.5, 0.6) is 0 Å². The molecule has 4 nitrogen and oxygen atoms in total. The Balaban J connectivity index is 2.45. The minimum atomic E-state index is 0.167. The van der Waals surface area contributed by atoms with Gasteiger partial charge in [-0.1, -0.05) is 19.8 Å². The molecule has 0 radical (unpaired) electrons. The first-order valence-corrected chi connectivity index (χ1v) is 4.34. The standard InChI is InChI=1S/C8H16N4/c1-2-3-4-7(12-9)8-10-5-6-11-8/h5-7,12H,2-4,9H2,1H3,(H,10,11). The number of hydrogen-bond donors (Lipinski definition) is 3. The first kappa shape index (κ1) is 9.22. The van der Waals surface area contributed by atoms with Crippen LogP contribution in [0.25, 0.3) is 0 Å². The molecular formula is C8H16N4. The molecule has 0 aromatic carbocycles. The Morgan fingerprint density at radius 3 is 3.08 bits per heavy atom. The SMILES string of the molecule is CCCCC(NN)c1ncc[nH]1. The molecule has 0 spiro atoms. The van der Waals surface area contributed by atoms with E-state index in [-0.39, 0.29) is 6.04 Å². The summed E-state index contributed by atoms with van der Waals surface area (Å²) in [5.41, 5.74) is 2.75. The van der Waals surface area contributed by atoms with Gasteiger partial charge in [0.05, 0.1) is 6.04 Å². The second-order valence-electron chi connectivity index (χ2n) is 2.84. The third kappa shape index (κ3) is 2.32. The number of imidazole rings is 1. The van der Waals surface area contributed by atoms with Gasteiger partial charge in [0.1, 0.15) is 5.82 Å². The maximum atomic E-state index is 5.39. The largest absolute Gasteiger partial charge is 0.347 e. The van der Waals surface area contributed by atoms with Crippen LogP contribution in [0.15, 0.2) is 12.4 Å². The van der Waals surface area contributed by atoms with Gasteiger partial charge in [-0.15, -0.1) is 0 Å². The molecule has 0 amide bonds. The molecule has 1 aromatic heterocycles. The highest BCUT2D eigenvalue weighted by atomic mass is 15.2. The molecule has 68 valence electrons. The molecule has 0 saturated carbocycles. The lowest BCUT2D eigenvalue weighted by Crippen LogP contribution is -2.28. The first-order valence-electron chi connectivity index (χ1n) is 4.34. The fraction of sp³-hybridized carbons (Fsp3) is 0.625. The summed E-state index contributed by atoms with van der Waals surface area (Å²) < 4.78 is 0. The van der Waals surface area contributed by atoms with E-state index in [4.69, 9.17) is 5.84 Å². The van der Waals surface area contributed by atoms with E-state index >= 15 is 0 Å². The number of nitrogens with one attached hydrogen (secondary N) is 2. The second-order valence-corrected chi connectivity index (χ2v) is 2.84. The number of unbranched alkanes of at least 4 members (excludes halogenated alkanes) is 1. The van der Waals surface area contributed by atoms with Crippen molar-refractivity contribution in [2.24, 2.45) is 5.84 Å². The van der Waals surface area contributed by atoms with Crippen molar-refractivity contribution in [2.45, 2.75) is 32.2 Å². The van der Waals surface area contributed by atoms with Crippen LogP contribution in [0.4, 0.5) is 0 Å². The third-order valence-electron chi connectivity index (χ3n) is 1.90. The van der Waals surface area contributed by atoms with Crippen molar-refractivity contribution < 1.29 is 0 Å². The van der Waals surface area contributed by atoms with Gasteiger partial charge in [-0.05, 0) is 6.42 Å². The Morgan fingerprint density at radius 1 is 1.75 bits per heavy atom. The fourth-order valence-corrected chi connectivity index (χ4v) is 1.18. The van der Waals surface area contributed by atoms with E-state index < -0.39 is 0 Å². The van der Waals surface area contributed by atoms with E-state index in [9.17, 15) is 0 Å². The Morgan fingerprint density at radius 2 is 2.58 bits per heavy atom. The molecule has 1 aromatic rings. The molecular weight excluding hydrogens is 152 g/mol. The zero-order chi connectivity index (χ0) is 8.81. The predicted octanol–water partition coefficient (Wildman–Crippen LogP) is 1.10. The number of H-pyrrole nitrogens is 1. The lowest BCUT2D eigenvalue weighted by Gasteiger charge is -2.11. The molecule has 0 aliphatic heterocycles. The van der Waals surface area contributed by atoms with E-state index in [1.165, 1.54) is 6.42 Å². The number of rotatable bonds is 5. The van der Waals surface area contributed by atoms with E-state index in [0.717, 1.165) is 18.7 Å². The fourth-order valence-electron chi connectivity index (χ4n) is 1.18. The minimum absolute atomic E-state index is 0.167. The summed E-state index contributed by atoms with van der Waals surface area (Å²) in [6, 6.07) is 0.167. The Hall–Kier alpha value is -0.870. The summed E-state index contributed by atoms with van der Waals surface area (Å²) in [6.45, 7) is 2.16. The van der Waals surface area contributed by atoms with Crippen LogP contribution in [0.2, 0.25) is 0 Å². The van der Waals surface area contributed by atoms with Gasteiger partial charge >= 0.3 is 0 Å². The van der Waals surface area contributed by atoms with Crippen LogP contribution < -0.4 is 11.3 Å². The number of aromatic nitrogens is 2. The quantitative estimate of drug-likeness (QED) is 0.455. The van der Waals surface area contributed by atoms with Crippen molar-refractivity contribution >= 4 is 0 Å². The van der Waals surface area contributed by atoms with Crippen LogP contribution in [-0.2, 0) is 0 Å². The van der Waals surface area contributed by atoms with Crippen LogP contribution in [0.1, 0.15) is 38.1 Å². The molecule has 0 bridgehead atoms. The van der Waals surface area contributed by atoms with Crippen molar-refractivity contribution in [1.29, 1.82) is 0 Å². The molecule has 1 atom stereocenters. The van der Waals surface area contributed by atoms with Gasteiger partial charge in [0.25, 0.3) is 0 Å². The van der Waals surface area contributed by atoms with Gasteiger partial charge in [-0.2, -0.15) is 0 Å². The molecule has 0 aliphatic rings. The van der Waals surface area contributed by atoms with E-state index in [1.54, 1.807) is 6.20 Å². The number of nitrogens with two attached hydrogens (primary N) is 1. The molecule has 0 aliphatic carbocycles. The molecule has 0 saturated heterocycles. The summed E-state index contributed by atoms with van der Waals surface area (Å²) in [5, 5.41) is 0. The molecule has 12 heavy (non-hydrogen) atoms. The maximum Gasteiger partial charge on any atom is 0.124 e. The van der Waals surface area contributed by atoms with Crippen LogP contribution in [0, 0.1) is 0 Å². The summed E-state index contributed by atoms with van der Waals surface area (Å²) in [5.74, 6) is 6.32. The van der Waals surface area contributed by atoms with Crippen molar-refractivity contribution in [2.75, 3.05) is 0 Å². The van der Waals surface area contributed by atoms with Gasteiger partial charge in [0, 0.05) is 12.4 Å². The highest BCUT2D eigenvalue weighted by molar-refractivity contribution is 4.94. The van der Waals surface area contributed by atoms with Crippen molar-refractivity contribution in [3.63, 3.8) is 0 Å². The summed E-state index contributed by atoms with van der Waals surface area (Å²) >= 11 is 0. The second kappa shape index (κ2) is 4.90. The van der Waals surface area contributed by atoms with Crippen molar-refractivity contribution in [3.8, 4) is 0 Å². The molecule has 1 rings (SSSR count). The average Bonchev–Trinajstić information content (AvgIpc) is 2.59. The average molecular weight is 168 g/mol. The number of aromatic amines is 1. The first-order chi connectivity index (χ1) is 5.88. The van der Waals surface area contributed by atoms with Crippen LogP contribution in [0.3, 0.4) is 0 Å². The van der Waals surface area contributed by atoms with Gasteiger partial charge in [0.2, 0.25) is 0 Å². The summed E-state index contributed by atoms with van der Waals surface area (Å²) in [4.78, 5) is 7.19. The van der Waals surface area contributed by atoms with E-state index in [0.29, 0.717) is 0 Å². The maximum absolute atomic E-state index is 5.39.